The van der Waals surface area contributed by atoms with Crippen LogP contribution in [-0.4, -0.2) is 17.0 Å². The number of carbonyl (C=O) groups excluding carboxylic acids is 1. The molecule has 0 spiro atoms. The maximum Gasteiger partial charge on any atom is 0.328 e. The number of anilines is 1. The second-order valence-corrected chi connectivity index (χ2v) is 2.67. The highest BCUT2D eigenvalue weighted by molar-refractivity contribution is 6.02. The summed E-state index contributed by atoms with van der Waals surface area (Å²) in [7, 11) is 0. The van der Waals surface area contributed by atoms with Gasteiger partial charge in [-0.05, 0) is 18.2 Å². The first-order chi connectivity index (χ1) is 7.08. The molecule has 1 amide bonds. The number of rotatable bonds is 3. The SMILES string of the molecule is O=C(O)C=CC(=O)Nc1cccc(F)c1. The smallest absolute Gasteiger partial charge is 0.328 e. The lowest BCUT2D eigenvalue weighted by Gasteiger charge is -2.00. The van der Waals surface area contributed by atoms with Gasteiger partial charge in [0.1, 0.15) is 5.82 Å². The zero-order chi connectivity index (χ0) is 11.3. The van der Waals surface area contributed by atoms with Crippen molar-refractivity contribution >= 4 is 17.6 Å². The molecule has 4 nitrogen and oxygen atoms in total. The van der Waals surface area contributed by atoms with Crippen molar-refractivity contribution in [1.29, 1.82) is 0 Å². The molecule has 1 rings (SSSR count). The summed E-state index contributed by atoms with van der Waals surface area (Å²) < 4.78 is 12.7. The summed E-state index contributed by atoms with van der Waals surface area (Å²) in [5, 5.41) is 10.6. The molecule has 0 saturated heterocycles. The maximum absolute atomic E-state index is 12.7. The minimum atomic E-state index is -1.22. The lowest BCUT2D eigenvalue weighted by atomic mass is 10.3. The zero-order valence-corrected chi connectivity index (χ0v) is 7.61. The molecule has 0 saturated carbocycles. The average molecular weight is 209 g/mol. The van der Waals surface area contributed by atoms with Crippen LogP contribution in [0.5, 0.6) is 0 Å². The second kappa shape index (κ2) is 4.90. The Labute approximate surface area is 85.0 Å². The number of benzene rings is 1. The Morgan fingerprint density at radius 2 is 2.07 bits per heavy atom. The van der Waals surface area contributed by atoms with Gasteiger partial charge in [0.25, 0.3) is 0 Å². The maximum atomic E-state index is 12.7. The van der Waals surface area contributed by atoms with Crippen molar-refractivity contribution in [3.63, 3.8) is 0 Å². The van der Waals surface area contributed by atoms with Crippen LogP contribution < -0.4 is 5.32 Å². The first-order valence-corrected chi connectivity index (χ1v) is 4.05. The Bertz CT molecular complexity index is 415. The van der Waals surface area contributed by atoms with Crippen molar-refractivity contribution in [2.45, 2.75) is 0 Å². The van der Waals surface area contributed by atoms with Gasteiger partial charge in [0.05, 0.1) is 0 Å². The fourth-order valence-electron chi connectivity index (χ4n) is 0.897. The number of carbonyl (C=O) groups is 2. The van der Waals surface area contributed by atoms with E-state index in [9.17, 15) is 14.0 Å². The van der Waals surface area contributed by atoms with E-state index >= 15 is 0 Å². The zero-order valence-electron chi connectivity index (χ0n) is 7.61. The van der Waals surface area contributed by atoms with E-state index in [-0.39, 0.29) is 5.69 Å². The van der Waals surface area contributed by atoms with Gasteiger partial charge < -0.3 is 10.4 Å². The fraction of sp³-hybridized carbons (Fsp3) is 0. The van der Waals surface area contributed by atoms with Crippen molar-refractivity contribution in [2.24, 2.45) is 0 Å². The molecule has 0 bridgehead atoms. The Balaban J connectivity index is 2.63. The van der Waals surface area contributed by atoms with Crippen LogP contribution in [0.3, 0.4) is 0 Å². The lowest BCUT2D eigenvalue weighted by molar-refractivity contribution is -0.131. The van der Waals surface area contributed by atoms with Crippen LogP contribution in [0.15, 0.2) is 36.4 Å². The number of hydrogen-bond donors (Lipinski definition) is 2. The number of carboxylic acid groups (broad SMARTS) is 1. The molecule has 0 heterocycles. The van der Waals surface area contributed by atoms with Crippen molar-refractivity contribution < 1.29 is 19.1 Å². The number of carboxylic acids is 1. The molecule has 15 heavy (non-hydrogen) atoms. The standard InChI is InChI=1S/C10H8FNO3/c11-7-2-1-3-8(6-7)12-9(13)4-5-10(14)15/h1-6H,(H,12,13)(H,14,15). The van der Waals surface area contributed by atoms with E-state index in [1.165, 1.54) is 18.2 Å². The first kappa shape index (κ1) is 10.9. The van der Waals surface area contributed by atoms with Crippen LogP contribution in [0.25, 0.3) is 0 Å². The summed E-state index contributed by atoms with van der Waals surface area (Å²) in [4.78, 5) is 21.1. The number of amides is 1. The summed E-state index contributed by atoms with van der Waals surface area (Å²) in [6.45, 7) is 0. The van der Waals surface area contributed by atoms with E-state index in [4.69, 9.17) is 5.11 Å². The summed E-state index contributed by atoms with van der Waals surface area (Å²) in [5.74, 6) is -2.32. The molecule has 0 aliphatic rings. The van der Waals surface area contributed by atoms with Crippen LogP contribution in [-0.2, 0) is 9.59 Å². The quantitative estimate of drug-likeness (QED) is 0.739. The van der Waals surface area contributed by atoms with Gasteiger partial charge in [-0.25, -0.2) is 9.18 Å². The minimum absolute atomic E-state index is 0.273. The van der Waals surface area contributed by atoms with Gasteiger partial charge in [-0.2, -0.15) is 0 Å². The summed E-state index contributed by atoms with van der Waals surface area (Å²) in [6.07, 6.45) is 1.56. The van der Waals surface area contributed by atoms with Gasteiger partial charge in [0.2, 0.25) is 5.91 Å². The van der Waals surface area contributed by atoms with Crippen LogP contribution >= 0.6 is 0 Å². The molecule has 2 N–H and O–H groups in total. The van der Waals surface area contributed by atoms with Gasteiger partial charge in [-0.3, -0.25) is 4.79 Å². The molecule has 1 aromatic rings. The van der Waals surface area contributed by atoms with Crippen molar-refractivity contribution in [1.82, 2.24) is 0 Å². The summed E-state index contributed by atoms with van der Waals surface area (Å²) >= 11 is 0. The highest BCUT2D eigenvalue weighted by atomic mass is 19.1. The van der Waals surface area contributed by atoms with Crippen LogP contribution in [0, 0.1) is 5.82 Å². The van der Waals surface area contributed by atoms with Crippen molar-refractivity contribution in [3.05, 3.63) is 42.2 Å². The second-order valence-electron chi connectivity index (χ2n) is 2.67. The molecule has 0 radical (unpaired) electrons. The Hall–Kier alpha value is -2.17. The van der Waals surface area contributed by atoms with Crippen LogP contribution in [0.4, 0.5) is 10.1 Å². The molecule has 0 aromatic heterocycles. The summed E-state index contributed by atoms with van der Waals surface area (Å²) in [5.41, 5.74) is 0.273. The third-order valence-corrected chi connectivity index (χ3v) is 1.47. The Morgan fingerprint density at radius 1 is 1.33 bits per heavy atom. The minimum Gasteiger partial charge on any atom is -0.478 e. The predicted octanol–water partition coefficient (Wildman–Crippen LogP) is 1.40. The third-order valence-electron chi connectivity index (χ3n) is 1.47. The van der Waals surface area contributed by atoms with E-state index in [1.807, 2.05) is 0 Å². The van der Waals surface area contributed by atoms with Gasteiger partial charge in [0, 0.05) is 17.8 Å². The van der Waals surface area contributed by atoms with E-state index in [0.717, 1.165) is 12.1 Å². The first-order valence-electron chi connectivity index (χ1n) is 4.05. The topological polar surface area (TPSA) is 66.4 Å². The average Bonchev–Trinajstić information content (AvgIpc) is 2.15. The number of nitrogens with one attached hydrogen (secondary N) is 1. The van der Waals surface area contributed by atoms with Crippen molar-refractivity contribution in [3.8, 4) is 0 Å². The van der Waals surface area contributed by atoms with Crippen molar-refractivity contribution in [2.75, 3.05) is 5.32 Å². The molecule has 5 heteroatoms. The van der Waals surface area contributed by atoms with E-state index in [2.05, 4.69) is 5.32 Å². The highest BCUT2D eigenvalue weighted by Crippen LogP contribution is 2.08. The van der Waals surface area contributed by atoms with E-state index in [0.29, 0.717) is 6.08 Å². The normalized spacial score (nSPS) is 10.2. The Morgan fingerprint density at radius 3 is 2.67 bits per heavy atom. The molecule has 1 aromatic carbocycles. The lowest BCUT2D eigenvalue weighted by Crippen LogP contribution is -2.08. The monoisotopic (exact) mass is 209 g/mol. The molecule has 0 aliphatic carbocycles. The van der Waals surface area contributed by atoms with Crippen LogP contribution in [0.1, 0.15) is 0 Å². The fourth-order valence-corrected chi connectivity index (χ4v) is 0.897. The molecule has 0 fully saturated rings. The summed E-state index contributed by atoms with van der Waals surface area (Å²) in [6, 6.07) is 5.30. The van der Waals surface area contributed by atoms with Crippen LogP contribution in [0.2, 0.25) is 0 Å². The molecule has 78 valence electrons. The molecular weight excluding hydrogens is 201 g/mol. The van der Waals surface area contributed by atoms with Gasteiger partial charge in [0.15, 0.2) is 0 Å². The molecule has 0 aliphatic heterocycles. The van der Waals surface area contributed by atoms with Gasteiger partial charge in [-0.1, -0.05) is 6.07 Å². The largest absolute Gasteiger partial charge is 0.478 e. The van der Waals surface area contributed by atoms with E-state index in [1.54, 1.807) is 0 Å². The number of aliphatic carboxylic acids is 1. The Kier molecular flexibility index (Phi) is 3.56. The molecular formula is C10H8FNO3. The van der Waals surface area contributed by atoms with Gasteiger partial charge >= 0.3 is 5.97 Å². The molecule has 0 atom stereocenters. The van der Waals surface area contributed by atoms with E-state index < -0.39 is 17.7 Å². The third kappa shape index (κ3) is 4.04. The number of hydrogen-bond acceptors (Lipinski definition) is 2. The molecule has 0 unspecified atom stereocenters. The van der Waals surface area contributed by atoms with Gasteiger partial charge in [-0.15, -0.1) is 0 Å². The predicted molar refractivity (Wildman–Crippen MR) is 51.8 cm³/mol. The highest BCUT2D eigenvalue weighted by Gasteiger charge is 1.99. The number of halogens is 1.